The summed E-state index contributed by atoms with van der Waals surface area (Å²) in [5, 5.41) is 0. The molecule has 0 aliphatic rings. The number of phosphoric ester groups is 1. The maximum absolute atomic E-state index is 12.9. The molecule has 0 heterocycles. The Balaban J connectivity index is 4.13. The SMILES string of the molecule is CC/C=C\C/C=C\C/C=C\C/C=C\C/C=C\C/C=C\C/C=C\C/C=C\C/C=C\CCCCCCCCCCCCCCCC(=O)OC(COC(=O)CCCCCC/C=C\C/C=C\C/C=C\C/C=C\C/C=C\C/C=C\C/C=C\C/C=C\CC)COP(=O)(O)OCC[N+](C)(C)C. The average Bonchev–Trinajstić information content (AvgIpc) is 1.57. The molecule has 0 aromatic heterocycles. The number of allylic oxidation sites excluding steroid dienone is 34. The molecule has 0 aliphatic heterocycles. The quantitative estimate of drug-likeness (QED) is 0.0211. The Morgan fingerprint density at radius 3 is 0.851 bits per heavy atom. The summed E-state index contributed by atoms with van der Waals surface area (Å²) in [6, 6.07) is 0. The summed E-state index contributed by atoms with van der Waals surface area (Å²) in [4.78, 5) is 35.9. The van der Waals surface area contributed by atoms with E-state index in [0.717, 1.165) is 154 Å². The molecule has 0 rings (SSSR count). The summed E-state index contributed by atoms with van der Waals surface area (Å²) in [6.45, 7) is 4.15. The first-order chi connectivity index (χ1) is 46.0. The number of carbonyl (C=O) groups is 2. The summed E-state index contributed by atoms with van der Waals surface area (Å²) < 4.78 is 34.7. The fourth-order valence-corrected chi connectivity index (χ4v) is 10.0. The van der Waals surface area contributed by atoms with Crippen molar-refractivity contribution in [1.29, 1.82) is 0 Å². The number of unbranched alkanes of at least 4 members (excludes halogenated alkanes) is 17. The second kappa shape index (κ2) is 71.9. The van der Waals surface area contributed by atoms with E-state index in [2.05, 4.69) is 220 Å². The lowest BCUT2D eigenvalue weighted by atomic mass is 10.0. The van der Waals surface area contributed by atoms with E-state index in [1.165, 1.54) is 64.2 Å². The second-order valence-corrected chi connectivity index (χ2v) is 26.3. The molecular formula is C84H135NO8P+. The van der Waals surface area contributed by atoms with E-state index < -0.39 is 32.5 Å². The molecule has 0 fully saturated rings. The molecule has 0 aliphatic carbocycles. The van der Waals surface area contributed by atoms with Crippen molar-refractivity contribution in [2.75, 3.05) is 47.5 Å². The molecule has 0 aromatic rings. The van der Waals surface area contributed by atoms with E-state index in [9.17, 15) is 19.0 Å². The van der Waals surface area contributed by atoms with Gasteiger partial charge in [0.05, 0.1) is 27.7 Å². The van der Waals surface area contributed by atoms with Crippen molar-refractivity contribution in [2.24, 2.45) is 0 Å². The highest BCUT2D eigenvalue weighted by Crippen LogP contribution is 2.43. The molecule has 94 heavy (non-hydrogen) atoms. The van der Waals surface area contributed by atoms with Crippen LogP contribution in [-0.4, -0.2) is 74.9 Å². The van der Waals surface area contributed by atoms with Crippen LogP contribution in [0.25, 0.3) is 0 Å². The number of likely N-dealkylation sites (N-methyl/N-ethyl adjacent to an activating group) is 1. The van der Waals surface area contributed by atoms with Gasteiger partial charge in [-0.25, -0.2) is 4.57 Å². The summed E-state index contributed by atoms with van der Waals surface area (Å²) in [5.41, 5.74) is 0. The van der Waals surface area contributed by atoms with Crippen molar-refractivity contribution >= 4 is 19.8 Å². The normalized spacial score (nSPS) is 14.3. The van der Waals surface area contributed by atoms with Gasteiger partial charge in [0.15, 0.2) is 6.10 Å². The lowest BCUT2D eigenvalue weighted by Crippen LogP contribution is -2.37. The van der Waals surface area contributed by atoms with Crippen LogP contribution >= 0.6 is 7.82 Å². The molecule has 0 spiro atoms. The van der Waals surface area contributed by atoms with Crippen molar-refractivity contribution < 1.29 is 42.1 Å². The minimum Gasteiger partial charge on any atom is -0.462 e. The van der Waals surface area contributed by atoms with Crippen LogP contribution in [0.3, 0.4) is 0 Å². The van der Waals surface area contributed by atoms with Gasteiger partial charge in [-0.05, 0) is 148 Å². The van der Waals surface area contributed by atoms with Crippen molar-refractivity contribution in [2.45, 2.75) is 264 Å². The van der Waals surface area contributed by atoms with Crippen LogP contribution in [0.4, 0.5) is 0 Å². The summed E-state index contributed by atoms with van der Waals surface area (Å²) in [6.07, 6.45) is 114. The van der Waals surface area contributed by atoms with Crippen LogP contribution in [-0.2, 0) is 32.7 Å². The molecule has 528 valence electrons. The van der Waals surface area contributed by atoms with Gasteiger partial charge < -0.3 is 18.9 Å². The largest absolute Gasteiger partial charge is 0.472 e. The number of esters is 2. The average molecular weight is 1320 g/mol. The van der Waals surface area contributed by atoms with Gasteiger partial charge in [0.25, 0.3) is 0 Å². The van der Waals surface area contributed by atoms with E-state index in [4.69, 9.17) is 18.5 Å². The first-order valence-electron chi connectivity index (χ1n) is 36.8. The Morgan fingerprint density at radius 1 is 0.330 bits per heavy atom. The minimum absolute atomic E-state index is 0.0165. The first kappa shape index (κ1) is 88.6. The molecule has 0 bridgehead atoms. The maximum Gasteiger partial charge on any atom is 0.472 e. The molecule has 0 saturated heterocycles. The van der Waals surface area contributed by atoms with E-state index in [1.54, 1.807) is 0 Å². The maximum atomic E-state index is 12.9. The Bertz CT molecular complexity index is 2340. The highest BCUT2D eigenvalue weighted by molar-refractivity contribution is 7.47. The van der Waals surface area contributed by atoms with Crippen LogP contribution in [0.5, 0.6) is 0 Å². The zero-order valence-corrected chi connectivity index (χ0v) is 61.0. The van der Waals surface area contributed by atoms with E-state index in [-0.39, 0.29) is 26.1 Å². The molecule has 9 nitrogen and oxygen atoms in total. The Morgan fingerprint density at radius 2 is 0.574 bits per heavy atom. The van der Waals surface area contributed by atoms with E-state index in [0.29, 0.717) is 23.9 Å². The molecule has 10 heteroatoms. The molecule has 0 saturated carbocycles. The van der Waals surface area contributed by atoms with E-state index in [1.807, 2.05) is 21.1 Å². The fourth-order valence-electron chi connectivity index (χ4n) is 9.26. The Labute approximate surface area is 576 Å². The molecule has 0 amide bonds. The van der Waals surface area contributed by atoms with Gasteiger partial charge in [-0.1, -0.05) is 304 Å². The zero-order chi connectivity index (χ0) is 68.3. The number of hydrogen-bond donors (Lipinski definition) is 1. The van der Waals surface area contributed by atoms with Crippen LogP contribution in [0.1, 0.15) is 258 Å². The second-order valence-electron chi connectivity index (χ2n) is 24.9. The van der Waals surface area contributed by atoms with Crippen molar-refractivity contribution in [3.8, 4) is 0 Å². The van der Waals surface area contributed by atoms with Crippen molar-refractivity contribution in [3.05, 3.63) is 207 Å². The van der Waals surface area contributed by atoms with E-state index >= 15 is 0 Å². The number of quaternary nitrogens is 1. The van der Waals surface area contributed by atoms with Gasteiger partial charge >= 0.3 is 19.8 Å². The lowest BCUT2D eigenvalue weighted by molar-refractivity contribution is -0.870. The highest BCUT2D eigenvalue weighted by Gasteiger charge is 2.27. The van der Waals surface area contributed by atoms with Gasteiger partial charge in [-0.15, -0.1) is 0 Å². The first-order valence-corrected chi connectivity index (χ1v) is 38.3. The van der Waals surface area contributed by atoms with Gasteiger partial charge in [-0.2, -0.15) is 0 Å². The molecule has 0 aromatic carbocycles. The summed E-state index contributed by atoms with van der Waals surface area (Å²) >= 11 is 0. The third-order valence-corrected chi connectivity index (χ3v) is 15.8. The van der Waals surface area contributed by atoms with Gasteiger partial charge in [0.2, 0.25) is 0 Å². The lowest BCUT2D eigenvalue weighted by Gasteiger charge is -2.24. The Hall–Kier alpha value is -5.41. The molecular weight excluding hydrogens is 1180 g/mol. The molecule has 2 unspecified atom stereocenters. The van der Waals surface area contributed by atoms with Crippen molar-refractivity contribution in [1.82, 2.24) is 0 Å². The van der Waals surface area contributed by atoms with Gasteiger partial charge in [-0.3, -0.25) is 18.6 Å². The standard InChI is InChI=1S/C84H134NO8P/c1-6-8-10-12-14-16-18-20-22-24-26-28-30-32-34-36-37-38-39-40-41-42-43-44-45-46-47-49-51-53-55-57-59-61-63-65-67-69-71-73-75-77-84(87)93-82(81-92-94(88,89)91-79-78-85(3,4)5)80-90-83(86)76-74-72-70-68-66-64-62-60-58-56-54-52-50-48-35-33-31-29-27-25-23-21-19-17-15-13-11-9-7-2/h8-11,14-17,20-23,26-29,32-35,37-38,40-41,43-44,46-47,50,52,56,58,62,64,82H,6-7,12-13,18-19,24-25,30-31,36,39,42,45,48-49,51,53-55,57,59-61,63,65-81H2,1-5H3/p+1/b10-8-,11-9-,16-14-,17-15-,22-20-,23-21-,28-26-,29-27-,34-32-,35-33-,38-37-,41-40-,44-43-,47-46-,52-50-,58-56-,64-62-. The predicted octanol–water partition coefficient (Wildman–Crippen LogP) is 24.6. The van der Waals surface area contributed by atoms with Gasteiger partial charge in [0, 0.05) is 12.8 Å². The van der Waals surface area contributed by atoms with Crippen LogP contribution < -0.4 is 0 Å². The molecule has 0 radical (unpaired) electrons. The zero-order valence-electron chi connectivity index (χ0n) is 60.1. The number of nitrogens with zero attached hydrogens (tertiary/aromatic N) is 1. The number of ether oxygens (including phenoxy) is 2. The third-order valence-electron chi connectivity index (χ3n) is 14.8. The van der Waals surface area contributed by atoms with Crippen LogP contribution in [0.15, 0.2) is 207 Å². The summed E-state index contributed by atoms with van der Waals surface area (Å²) in [5.74, 6) is -0.840. The van der Waals surface area contributed by atoms with Gasteiger partial charge in [0.1, 0.15) is 19.8 Å². The minimum atomic E-state index is -4.42. The topological polar surface area (TPSA) is 108 Å². The van der Waals surface area contributed by atoms with Crippen LogP contribution in [0.2, 0.25) is 0 Å². The number of hydrogen-bond acceptors (Lipinski definition) is 7. The number of carbonyl (C=O) groups excluding carboxylic acids is 2. The third kappa shape index (κ3) is 75.6. The highest BCUT2D eigenvalue weighted by atomic mass is 31.2. The predicted molar refractivity (Wildman–Crippen MR) is 408 cm³/mol. The smallest absolute Gasteiger partial charge is 0.462 e. The number of rotatable bonds is 65. The van der Waals surface area contributed by atoms with Crippen molar-refractivity contribution in [3.63, 3.8) is 0 Å². The monoisotopic (exact) mass is 1320 g/mol. The Kier molecular flexibility index (Phi) is 67.7. The molecule has 1 N–H and O–H groups in total. The summed E-state index contributed by atoms with van der Waals surface area (Å²) in [7, 11) is 1.44. The fraction of sp³-hybridized carbons (Fsp3) is 0.571. The number of phosphoric acid groups is 1. The molecule has 2 atom stereocenters. The van der Waals surface area contributed by atoms with Crippen LogP contribution in [0, 0.1) is 0 Å².